The molecule has 80 valence electrons. The van der Waals surface area contributed by atoms with Gasteiger partial charge in [0, 0.05) is 0 Å². The van der Waals surface area contributed by atoms with Gasteiger partial charge in [0.2, 0.25) is 0 Å². The molecular formula is C11H19NO2. The Balaban J connectivity index is 0.000000791. The van der Waals surface area contributed by atoms with Gasteiger partial charge >= 0.3 is 0 Å². The lowest BCUT2D eigenvalue weighted by molar-refractivity contribution is 0.0905. The summed E-state index contributed by atoms with van der Waals surface area (Å²) in [4.78, 5) is 0. The predicted octanol–water partition coefficient (Wildman–Crippen LogP) is 1.59. The fourth-order valence-corrected chi connectivity index (χ4v) is 1.05. The second-order valence-electron chi connectivity index (χ2n) is 2.70. The lowest BCUT2D eigenvalue weighted by Gasteiger charge is -2.10. The molecule has 0 bridgehead atoms. The average molecular weight is 197 g/mol. The highest BCUT2D eigenvalue weighted by Crippen LogP contribution is 2.01. The van der Waals surface area contributed by atoms with Crippen LogP contribution in [-0.2, 0) is 6.42 Å². The first-order valence-corrected chi connectivity index (χ1v) is 4.91. The molecule has 3 heteroatoms. The van der Waals surface area contributed by atoms with Crippen molar-refractivity contribution in [3.05, 3.63) is 35.9 Å². The van der Waals surface area contributed by atoms with Gasteiger partial charge < -0.3 is 10.3 Å². The van der Waals surface area contributed by atoms with Gasteiger partial charge in [0.25, 0.3) is 0 Å². The minimum absolute atomic E-state index is 0.0641. The van der Waals surface area contributed by atoms with E-state index in [0.717, 1.165) is 5.56 Å². The second-order valence-corrected chi connectivity index (χ2v) is 2.70. The fourth-order valence-electron chi connectivity index (χ4n) is 1.05. The largest absolute Gasteiger partial charge is 0.395 e. The lowest BCUT2D eigenvalue weighted by Crippen LogP contribution is -2.31. The zero-order valence-corrected chi connectivity index (χ0v) is 8.77. The number of benzene rings is 1. The number of hydroxylamine groups is 1. The molecule has 1 rings (SSSR count). The first kappa shape index (κ1) is 13.1. The normalized spacial score (nSPS) is 11.4. The zero-order valence-electron chi connectivity index (χ0n) is 8.77. The number of aliphatic hydroxyl groups excluding tert-OH is 1. The molecule has 3 N–H and O–H groups in total. The summed E-state index contributed by atoms with van der Waals surface area (Å²) in [5.41, 5.74) is 3.15. The van der Waals surface area contributed by atoms with E-state index < -0.39 is 0 Å². The Morgan fingerprint density at radius 2 is 1.79 bits per heavy atom. The summed E-state index contributed by atoms with van der Waals surface area (Å²) < 4.78 is 0. The van der Waals surface area contributed by atoms with Crippen molar-refractivity contribution in [1.82, 2.24) is 5.48 Å². The third-order valence-corrected chi connectivity index (χ3v) is 1.73. The van der Waals surface area contributed by atoms with Crippen LogP contribution in [0.15, 0.2) is 30.3 Å². The Kier molecular flexibility index (Phi) is 8.13. The van der Waals surface area contributed by atoms with Crippen LogP contribution in [0, 0.1) is 0 Å². The lowest BCUT2D eigenvalue weighted by atomic mass is 10.1. The van der Waals surface area contributed by atoms with E-state index in [0.29, 0.717) is 6.42 Å². The van der Waals surface area contributed by atoms with Crippen LogP contribution in [0.3, 0.4) is 0 Å². The first-order valence-electron chi connectivity index (χ1n) is 4.91. The van der Waals surface area contributed by atoms with Crippen LogP contribution >= 0.6 is 0 Å². The molecule has 0 aliphatic rings. The Labute approximate surface area is 85.4 Å². The van der Waals surface area contributed by atoms with Crippen molar-refractivity contribution < 1.29 is 10.3 Å². The SMILES string of the molecule is CC.OCC(Cc1ccccc1)NO. The summed E-state index contributed by atoms with van der Waals surface area (Å²) >= 11 is 0. The van der Waals surface area contributed by atoms with Gasteiger partial charge in [-0.25, -0.2) is 0 Å². The van der Waals surface area contributed by atoms with Crippen LogP contribution in [0.25, 0.3) is 0 Å². The van der Waals surface area contributed by atoms with Gasteiger partial charge in [0.15, 0.2) is 0 Å². The van der Waals surface area contributed by atoms with Crippen molar-refractivity contribution in [3.63, 3.8) is 0 Å². The molecule has 0 aliphatic carbocycles. The minimum Gasteiger partial charge on any atom is -0.395 e. The quantitative estimate of drug-likeness (QED) is 0.642. The molecule has 0 radical (unpaired) electrons. The van der Waals surface area contributed by atoms with Crippen LogP contribution in [0.4, 0.5) is 0 Å². The van der Waals surface area contributed by atoms with E-state index in [1.54, 1.807) is 0 Å². The molecule has 14 heavy (non-hydrogen) atoms. The summed E-state index contributed by atoms with van der Waals surface area (Å²) in [5, 5.41) is 17.3. The standard InChI is InChI=1S/C9H13NO2.C2H6/c11-7-9(10-12)6-8-4-2-1-3-5-8;1-2/h1-5,9-12H,6-7H2;1-2H3. The molecule has 3 nitrogen and oxygen atoms in total. The van der Waals surface area contributed by atoms with Gasteiger partial charge in [0.1, 0.15) is 0 Å². The third-order valence-electron chi connectivity index (χ3n) is 1.73. The molecule has 0 heterocycles. The molecule has 0 saturated heterocycles. The Bertz CT molecular complexity index is 210. The first-order chi connectivity index (χ1) is 6.86. The number of aliphatic hydroxyl groups is 1. The van der Waals surface area contributed by atoms with E-state index in [1.165, 1.54) is 0 Å². The highest BCUT2D eigenvalue weighted by atomic mass is 16.5. The van der Waals surface area contributed by atoms with E-state index >= 15 is 0 Å². The van der Waals surface area contributed by atoms with Crippen molar-refractivity contribution in [2.45, 2.75) is 26.3 Å². The molecule has 1 aromatic rings. The number of rotatable bonds is 4. The molecule has 0 aliphatic heterocycles. The van der Waals surface area contributed by atoms with E-state index in [4.69, 9.17) is 10.3 Å². The third kappa shape index (κ3) is 4.97. The summed E-state index contributed by atoms with van der Waals surface area (Å²) in [6.07, 6.45) is 0.633. The van der Waals surface area contributed by atoms with Crippen LogP contribution in [0.5, 0.6) is 0 Å². The molecule has 1 atom stereocenters. The highest BCUT2D eigenvalue weighted by Gasteiger charge is 2.05. The molecule has 1 unspecified atom stereocenters. The van der Waals surface area contributed by atoms with Crippen molar-refractivity contribution in [2.75, 3.05) is 6.61 Å². The van der Waals surface area contributed by atoms with Crippen molar-refractivity contribution in [1.29, 1.82) is 0 Å². The maximum Gasteiger partial charge on any atom is 0.0610 e. The molecule has 0 amide bonds. The van der Waals surface area contributed by atoms with Gasteiger partial charge in [0.05, 0.1) is 12.6 Å². The minimum atomic E-state index is -0.271. The smallest absolute Gasteiger partial charge is 0.0610 e. The molecule has 0 spiro atoms. The van der Waals surface area contributed by atoms with E-state index in [1.807, 2.05) is 44.2 Å². The molecule has 0 fully saturated rings. The van der Waals surface area contributed by atoms with E-state index in [-0.39, 0.29) is 12.6 Å². The van der Waals surface area contributed by atoms with E-state index in [2.05, 4.69) is 5.48 Å². The number of nitrogens with one attached hydrogen (secondary N) is 1. The number of hydrogen-bond donors (Lipinski definition) is 3. The van der Waals surface area contributed by atoms with Gasteiger partial charge in [-0.1, -0.05) is 44.2 Å². The highest BCUT2D eigenvalue weighted by molar-refractivity contribution is 5.15. The summed E-state index contributed by atoms with van der Waals surface area (Å²) in [6, 6.07) is 9.44. The fraction of sp³-hybridized carbons (Fsp3) is 0.455. The zero-order chi connectivity index (χ0) is 10.8. The van der Waals surface area contributed by atoms with Crippen LogP contribution < -0.4 is 5.48 Å². The van der Waals surface area contributed by atoms with Crippen molar-refractivity contribution in [3.8, 4) is 0 Å². The Hall–Kier alpha value is -0.900. The van der Waals surface area contributed by atoms with Crippen LogP contribution in [-0.4, -0.2) is 23.0 Å². The summed E-state index contributed by atoms with van der Waals surface area (Å²) in [6.45, 7) is 3.94. The molecular weight excluding hydrogens is 178 g/mol. The topological polar surface area (TPSA) is 52.5 Å². The maximum absolute atomic E-state index is 8.76. The average Bonchev–Trinajstić information content (AvgIpc) is 2.30. The van der Waals surface area contributed by atoms with Crippen LogP contribution in [0.1, 0.15) is 19.4 Å². The Morgan fingerprint density at radius 3 is 2.21 bits per heavy atom. The summed E-state index contributed by atoms with van der Waals surface area (Å²) in [7, 11) is 0. The number of hydrogen-bond acceptors (Lipinski definition) is 3. The Morgan fingerprint density at radius 1 is 1.21 bits per heavy atom. The monoisotopic (exact) mass is 197 g/mol. The van der Waals surface area contributed by atoms with Gasteiger partial charge in [-0.2, -0.15) is 5.48 Å². The van der Waals surface area contributed by atoms with Gasteiger partial charge in [-0.15, -0.1) is 0 Å². The predicted molar refractivity (Wildman–Crippen MR) is 57.3 cm³/mol. The molecule has 0 aromatic heterocycles. The van der Waals surface area contributed by atoms with Crippen LogP contribution in [0.2, 0.25) is 0 Å². The molecule has 0 saturated carbocycles. The van der Waals surface area contributed by atoms with Crippen molar-refractivity contribution in [2.24, 2.45) is 0 Å². The van der Waals surface area contributed by atoms with Gasteiger partial charge in [-0.3, -0.25) is 0 Å². The maximum atomic E-state index is 8.76. The van der Waals surface area contributed by atoms with Gasteiger partial charge in [-0.05, 0) is 12.0 Å². The molecule has 1 aromatic carbocycles. The second kappa shape index (κ2) is 8.69. The van der Waals surface area contributed by atoms with Crippen molar-refractivity contribution >= 4 is 0 Å². The summed E-state index contributed by atoms with van der Waals surface area (Å²) in [5.74, 6) is 0. The van der Waals surface area contributed by atoms with E-state index in [9.17, 15) is 0 Å².